The first-order chi connectivity index (χ1) is 7.70. The number of hydrogen-bond donors (Lipinski definition) is 2. The van der Waals surface area contributed by atoms with Gasteiger partial charge in [0, 0.05) is 40.0 Å². The van der Waals surface area contributed by atoms with Gasteiger partial charge in [-0.15, -0.1) is 0 Å². The number of carbonyl (C=O) groups is 1. The Morgan fingerprint density at radius 3 is 2.56 bits per heavy atom. The van der Waals surface area contributed by atoms with Crippen molar-refractivity contribution < 1.29 is 14.3 Å². The Kier molecular flexibility index (Phi) is 10.4. The van der Waals surface area contributed by atoms with Gasteiger partial charge < -0.3 is 20.1 Å². The minimum atomic E-state index is 0.0281. The number of methoxy groups -OCH3 is 2. The minimum Gasteiger partial charge on any atom is -0.385 e. The van der Waals surface area contributed by atoms with Crippen LogP contribution in [-0.4, -0.2) is 52.5 Å². The van der Waals surface area contributed by atoms with E-state index in [9.17, 15) is 4.79 Å². The van der Waals surface area contributed by atoms with Gasteiger partial charge in [0.2, 0.25) is 5.91 Å². The second-order valence-corrected chi connectivity index (χ2v) is 3.76. The van der Waals surface area contributed by atoms with E-state index in [1.54, 1.807) is 14.2 Å². The summed E-state index contributed by atoms with van der Waals surface area (Å²) < 4.78 is 9.84. The van der Waals surface area contributed by atoms with Crippen LogP contribution in [0.3, 0.4) is 0 Å². The molecule has 5 nitrogen and oxygen atoms in total. The Bertz CT molecular complexity index is 177. The zero-order valence-electron chi connectivity index (χ0n) is 10.5. The maximum atomic E-state index is 11.3. The van der Waals surface area contributed by atoms with Gasteiger partial charge in [-0.3, -0.25) is 4.79 Å². The van der Waals surface area contributed by atoms with Gasteiger partial charge in [-0.2, -0.15) is 0 Å². The molecule has 0 bridgehead atoms. The maximum absolute atomic E-state index is 11.3. The van der Waals surface area contributed by atoms with E-state index in [1.165, 1.54) is 0 Å². The smallest absolute Gasteiger partial charge is 0.233 e. The Hall–Kier alpha value is -0.650. The topological polar surface area (TPSA) is 59.6 Å². The minimum absolute atomic E-state index is 0.0281. The number of rotatable bonds is 10. The van der Waals surface area contributed by atoms with Crippen LogP contribution in [0.5, 0.6) is 0 Å². The van der Waals surface area contributed by atoms with Crippen LogP contribution in [-0.2, 0) is 14.3 Å². The molecule has 5 heteroatoms. The lowest BCUT2D eigenvalue weighted by molar-refractivity contribution is -0.120. The third-order valence-electron chi connectivity index (χ3n) is 2.21. The summed E-state index contributed by atoms with van der Waals surface area (Å²) in [6, 6.07) is 0.296. The second-order valence-electron chi connectivity index (χ2n) is 3.76. The van der Waals surface area contributed by atoms with E-state index in [2.05, 4.69) is 10.6 Å². The zero-order valence-corrected chi connectivity index (χ0v) is 10.5. The van der Waals surface area contributed by atoms with Crippen LogP contribution in [0.15, 0.2) is 0 Å². The molecule has 2 N–H and O–H groups in total. The quantitative estimate of drug-likeness (QED) is 0.527. The molecule has 0 aromatic carbocycles. The summed E-state index contributed by atoms with van der Waals surface area (Å²) >= 11 is 0. The molecule has 0 aromatic heterocycles. The molecule has 0 aromatic rings. The summed E-state index contributed by atoms with van der Waals surface area (Å²) in [5.41, 5.74) is 0. The van der Waals surface area contributed by atoms with Crippen molar-refractivity contribution in [1.29, 1.82) is 0 Å². The average molecular weight is 232 g/mol. The van der Waals surface area contributed by atoms with Crippen LogP contribution >= 0.6 is 0 Å². The summed E-state index contributed by atoms with van der Waals surface area (Å²) in [6.45, 7) is 4.46. The first kappa shape index (κ1) is 15.3. The number of carbonyl (C=O) groups excluding carboxylic acids is 1. The van der Waals surface area contributed by atoms with Crippen molar-refractivity contribution in [3.63, 3.8) is 0 Å². The predicted molar refractivity (Wildman–Crippen MR) is 63.5 cm³/mol. The second kappa shape index (κ2) is 10.9. The molecule has 0 saturated heterocycles. The Labute approximate surface area is 97.9 Å². The summed E-state index contributed by atoms with van der Waals surface area (Å²) in [6.07, 6.45) is 1.76. The standard InChI is InChI=1S/C11H24N2O3/c1-10(5-8-16-3)13-9-11(14)12-6-4-7-15-2/h10,13H,4-9H2,1-3H3,(H,12,14). The molecule has 0 saturated carbocycles. The lowest BCUT2D eigenvalue weighted by Crippen LogP contribution is -2.38. The molecule has 0 aliphatic heterocycles. The molecule has 16 heavy (non-hydrogen) atoms. The normalized spacial score (nSPS) is 12.4. The molecule has 1 atom stereocenters. The molecule has 0 spiro atoms. The zero-order chi connectivity index (χ0) is 12.2. The predicted octanol–water partition coefficient (Wildman–Crippen LogP) is 0.154. The number of amides is 1. The summed E-state index contributed by atoms with van der Waals surface area (Å²) in [5.74, 6) is 0.0281. The molecule has 0 aliphatic rings. The van der Waals surface area contributed by atoms with Crippen molar-refractivity contribution in [3.8, 4) is 0 Å². The van der Waals surface area contributed by atoms with Crippen molar-refractivity contribution >= 4 is 5.91 Å². The van der Waals surface area contributed by atoms with Crippen molar-refractivity contribution in [2.75, 3.05) is 40.5 Å². The molecule has 1 amide bonds. The molecule has 96 valence electrons. The molecular formula is C11H24N2O3. The number of ether oxygens (including phenoxy) is 2. The molecule has 0 aliphatic carbocycles. The lowest BCUT2D eigenvalue weighted by atomic mass is 10.2. The van der Waals surface area contributed by atoms with E-state index < -0.39 is 0 Å². The van der Waals surface area contributed by atoms with Crippen LogP contribution in [0.1, 0.15) is 19.8 Å². The van der Waals surface area contributed by atoms with E-state index in [-0.39, 0.29) is 5.91 Å². The summed E-state index contributed by atoms with van der Waals surface area (Å²) in [4.78, 5) is 11.3. The fraction of sp³-hybridized carbons (Fsp3) is 0.909. The molecule has 0 heterocycles. The fourth-order valence-corrected chi connectivity index (χ4v) is 1.17. The molecule has 0 radical (unpaired) electrons. The van der Waals surface area contributed by atoms with E-state index in [4.69, 9.17) is 9.47 Å². The van der Waals surface area contributed by atoms with Crippen LogP contribution in [0.4, 0.5) is 0 Å². The van der Waals surface area contributed by atoms with Gasteiger partial charge in [0.05, 0.1) is 6.54 Å². The maximum Gasteiger partial charge on any atom is 0.233 e. The monoisotopic (exact) mass is 232 g/mol. The van der Waals surface area contributed by atoms with Crippen LogP contribution < -0.4 is 10.6 Å². The fourth-order valence-electron chi connectivity index (χ4n) is 1.17. The Morgan fingerprint density at radius 2 is 1.94 bits per heavy atom. The van der Waals surface area contributed by atoms with Gasteiger partial charge in [0.1, 0.15) is 0 Å². The van der Waals surface area contributed by atoms with Crippen molar-refractivity contribution in [3.05, 3.63) is 0 Å². The van der Waals surface area contributed by atoms with E-state index in [0.29, 0.717) is 32.3 Å². The van der Waals surface area contributed by atoms with Crippen LogP contribution in [0.25, 0.3) is 0 Å². The largest absolute Gasteiger partial charge is 0.385 e. The number of hydrogen-bond acceptors (Lipinski definition) is 4. The van der Waals surface area contributed by atoms with E-state index >= 15 is 0 Å². The first-order valence-electron chi connectivity index (χ1n) is 5.68. The third kappa shape index (κ3) is 9.89. The highest BCUT2D eigenvalue weighted by Gasteiger charge is 2.04. The average Bonchev–Trinajstić information content (AvgIpc) is 2.29. The molecular weight excluding hydrogens is 208 g/mol. The van der Waals surface area contributed by atoms with Crippen molar-refractivity contribution in [2.45, 2.75) is 25.8 Å². The molecule has 0 fully saturated rings. The van der Waals surface area contributed by atoms with E-state index in [1.807, 2.05) is 6.92 Å². The van der Waals surface area contributed by atoms with Gasteiger partial charge in [-0.05, 0) is 19.8 Å². The Morgan fingerprint density at radius 1 is 1.25 bits per heavy atom. The highest BCUT2D eigenvalue weighted by Crippen LogP contribution is 1.89. The lowest BCUT2D eigenvalue weighted by Gasteiger charge is -2.12. The van der Waals surface area contributed by atoms with E-state index in [0.717, 1.165) is 12.8 Å². The first-order valence-corrected chi connectivity index (χ1v) is 5.68. The van der Waals surface area contributed by atoms with Gasteiger partial charge in [0.25, 0.3) is 0 Å². The third-order valence-corrected chi connectivity index (χ3v) is 2.21. The molecule has 0 rings (SSSR count). The van der Waals surface area contributed by atoms with Crippen LogP contribution in [0, 0.1) is 0 Å². The highest BCUT2D eigenvalue weighted by atomic mass is 16.5. The van der Waals surface area contributed by atoms with Gasteiger partial charge in [-0.1, -0.05) is 0 Å². The highest BCUT2D eigenvalue weighted by molar-refractivity contribution is 5.77. The SMILES string of the molecule is COCCCNC(=O)CNC(C)CCOC. The number of nitrogens with one attached hydrogen (secondary N) is 2. The van der Waals surface area contributed by atoms with Gasteiger partial charge in [-0.25, -0.2) is 0 Å². The summed E-state index contributed by atoms with van der Waals surface area (Å²) in [7, 11) is 3.33. The Balaban J connectivity index is 3.35. The van der Waals surface area contributed by atoms with Gasteiger partial charge in [0.15, 0.2) is 0 Å². The summed E-state index contributed by atoms with van der Waals surface area (Å²) in [5, 5.41) is 5.95. The van der Waals surface area contributed by atoms with Crippen LogP contribution in [0.2, 0.25) is 0 Å². The van der Waals surface area contributed by atoms with Crippen molar-refractivity contribution in [1.82, 2.24) is 10.6 Å². The molecule has 1 unspecified atom stereocenters. The van der Waals surface area contributed by atoms with Crippen molar-refractivity contribution in [2.24, 2.45) is 0 Å². The van der Waals surface area contributed by atoms with Gasteiger partial charge >= 0.3 is 0 Å².